The van der Waals surface area contributed by atoms with Gasteiger partial charge < -0.3 is 4.74 Å². The first kappa shape index (κ1) is 9.94. The summed E-state index contributed by atoms with van der Waals surface area (Å²) in [6.07, 6.45) is 2.71. The van der Waals surface area contributed by atoms with Crippen molar-refractivity contribution in [2.45, 2.75) is 13.3 Å². The van der Waals surface area contributed by atoms with Crippen molar-refractivity contribution in [2.75, 3.05) is 7.11 Å². The van der Waals surface area contributed by atoms with E-state index in [4.69, 9.17) is 0 Å². The summed E-state index contributed by atoms with van der Waals surface area (Å²) in [6.45, 7) is 1.85. The van der Waals surface area contributed by atoms with Crippen molar-refractivity contribution < 1.29 is 9.53 Å². The van der Waals surface area contributed by atoms with Crippen LogP contribution in [0.3, 0.4) is 0 Å². The lowest BCUT2D eigenvalue weighted by Gasteiger charge is -2.03. The van der Waals surface area contributed by atoms with Crippen molar-refractivity contribution in [2.24, 2.45) is 5.92 Å². The van der Waals surface area contributed by atoms with Crippen LogP contribution in [0.15, 0.2) is 10.2 Å². The fourth-order valence-corrected chi connectivity index (χ4v) is 0.847. The number of methoxy groups -OCH3 is 1. The van der Waals surface area contributed by atoms with Gasteiger partial charge in [0.15, 0.2) is 0 Å². The number of hydrogen-bond donors (Lipinski definition) is 0. The minimum Gasteiger partial charge on any atom is -0.469 e. The summed E-state index contributed by atoms with van der Waals surface area (Å²) in [7, 11) is 1.41. The molecular weight excluding hydrogens is 243 g/mol. The van der Waals surface area contributed by atoms with Crippen LogP contribution in [0.4, 0.5) is 0 Å². The molecule has 1 atom stereocenters. The van der Waals surface area contributed by atoms with E-state index in [0.29, 0.717) is 0 Å². The van der Waals surface area contributed by atoms with E-state index >= 15 is 0 Å². The molecule has 0 amide bonds. The quantitative estimate of drug-likeness (QED) is 0.569. The first-order valence-corrected chi connectivity index (χ1v) is 4.30. The average Bonchev–Trinajstić information content (AvgIpc) is 1.98. The molecule has 3 heteroatoms. The van der Waals surface area contributed by atoms with Crippen LogP contribution < -0.4 is 0 Å². The maximum absolute atomic E-state index is 10.8. The van der Waals surface area contributed by atoms with Crippen LogP contribution in [-0.2, 0) is 9.53 Å². The van der Waals surface area contributed by atoms with E-state index in [-0.39, 0.29) is 11.9 Å². The summed E-state index contributed by atoms with van der Waals surface area (Å²) in [6, 6.07) is 0. The predicted molar refractivity (Wildman–Crippen MR) is 49.0 cm³/mol. The lowest BCUT2D eigenvalue weighted by molar-refractivity contribution is -0.144. The summed E-state index contributed by atoms with van der Waals surface area (Å²) >= 11 is 2.12. The zero-order valence-corrected chi connectivity index (χ0v) is 8.29. The zero-order chi connectivity index (χ0) is 7.98. The third-order valence-electron chi connectivity index (χ3n) is 1.18. The molecule has 0 saturated carbocycles. The van der Waals surface area contributed by atoms with E-state index < -0.39 is 0 Å². The van der Waals surface area contributed by atoms with Gasteiger partial charge in [0.25, 0.3) is 0 Å². The number of allylic oxidation sites excluding steroid dienone is 1. The Morgan fingerprint density at radius 2 is 2.40 bits per heavy atom. The van der Waals surface area contributed by atoms with Gasteiger partial charge in [0.1, 0.15) is 0 Å². The van der Waals surface area contributed by atoms with Crippen LogP contribution in [-0.4, -0.2) is 13.1 Å². The molecule has 0 radical (unpaired) electrons. The first-order chi connectivity index (χ1) is 4.72. The van der Waals surface area contributed by atoms with Crippen molar-refractivity contribution in [1.29, 1.82) is 0 Å². The minimum atomic E-state index is -0.144. The van der Waals surface area contributed by atoms with Gasteiger partial charge in [0.05, 0.1) is 13.0 Å². The van der Waals surface area contributed by atoms with Crippen molar-refractivity contribution in [3.05, 3.63) is 10.2 Å². The van der Waals surface area contributed by atoms with Gasteiger partial charge in [-0.1, -0.05) is 35.6 Å². The van der Waals surface area contributed by atoms with E-state index in [0.717, 1.165) is 6.42 Å². The third-order valence-corrected chi connectivity index (χ3v) is 1.69. The van der Waals surface area contributed by atoms with Gasteiger partial charge >= 0.3 is 5.97 Å². The van der Waals surface area contributed by atoms with Crippen molar-refractivity contribution in [1.82, 2.24) is 0 Å². The highest BCUT2D eigenvalue weighted by Crippen LogP contribution is 2.05. The van der Waals surface area contributed by atoms with Crippen molar-refractivity contribution in [3.8, 4) is 0 Å². The highest BCUT2D eigenvalue weighted by Gasteiger charge is 2.09. The summed E-state index contributed by atoms with van der Waals surface area (Å²) in [5.41, 5.74) is 0. The Bertz CT molecular complexity index is 132. The Morgan fingerprint density at radius 1 is 1.80 bits per heavy atom. The fraction of sp³-hybridized carbons (Fsp3) is 0.571. The molecule has 2 nitrogen and oxygen atoms in total. The molecular formula is C7H11IO2. The van der Waals surface area contributed by atoms with Gasteiger partial charge in [-0.25, -0.2) is 0 Å². The average molecular weight is 254 g/mol. The maximum atomic E-state index is 10.8. The van der Waals surface area contributed by atoms with E-state index in [1.165, 1.54) is 7.11 Å². The molecule has 0 saturated heterocycles. The monoisotopic (exact) mass is 254 g/mol. The van der Waals surface area contributed by atoms with Gasteiger partial charge in [-0.3, -0.25) is 4.79 Å². The number of carbonyl (C=O) groups is 1. The topological polar surface area (TPSA) is 26.3 Å². The standard InChI is InChI=1S/C7H11IO2/c1-6(4-3-5-8)7(9)10-2/h3,5-6H,4H2,1-2H3/b5-3+/t6-/m1/s1. The fourth-order valence-electron chi connectivity index (χ4n) is 0.553. The minimum absolute atomic E-state index is 0.0176. The molecule has 58 valence electrons. The molecule has 0 aliphatic carbocycles. The van der Waals surface area contributed by atoms with Gasteiger partial charge in [-0.05, 0) is 10.5 Å². The van der Waals surface area contributed by atoms with Crippen molar-refractivity contribution in [3.63, 3.8) is 0 Å². The number of halogens is 1. The Kier molecular flexibility index (Phi) is 5.67. The Hall–Kier alpha value is -0.0600. The van der Waals surface area contributed by atoms with E-state index in [1.54, 1.807) is 0 Å². The van der Waals surface area contributed by atoms with Gasteiger partial charge in [-0.15, -0.1) is 0 Å². The smallest absolute Gasteiger partial charge is 0.308 e. The molecule has 0 aromatic rings. The number of hydrogen-bond acceptors (Lipinski definition) is 2. The van der Waals surface area contributed by atoms with Crippen LogP contribution in [0.1, 0.15) is 13.3 Å². The van der Waals surface area contributed by atoms with Crippen LogP contribution in [0.25, 0.3) is 0 Å². The van der Waals surface area contributed by atoms with E-state index in [9.17, 15) is 4.79 Å². The molecule has 0 aromatic carbocycles. The molecule has 0 N–H and O–H groups in total. The summed E-state index contributed by atoms with van der Waals surface area (Å²) in [4.78, 5) is 10.8. The predicted octanol–water partition coefficient (Wildman–Crippen LogP) is 2.13. The Morgan fingerprint density at radius 3 is 2.80 bits per heavy atom. The second kappa shape index (κ2) is 5.70. The van der Waals surface area contributed by atoms with Crippen LogP contribution in [0.5, 0.6) is 0 Å². The van der Waals surface area contributed by atoms with Gasteiger partial charge in [-0.2, -0.15) is 0 Å². The summed E-state index contributed by atoms with van der Waals surface area (Å²) < 4.78 is 6.43. The third kappa shape index (κ3) is 3.87. The summed E-state index contributed by atoms with van der Waals surface area (Å²) in [5.74, 6) is -0.162. The lowest BCUT2D eigenvalue weighted by atomic mass is 10.1. The van der Waals surface area contributed by atoms with Crippen molar-refractivity contribution >= 4 is 28.6 Å². The number of ether oxygens (including phenoxy) is 1. The van der Waals surface area contributed by atoms with Crippen LogP contribution >= 0.6 is 22.6 Å². The molecule has 0 aromatic heterocycles. The number of carbonyl (C=O) groups excluding carboxylic acids is 1. The normalized spacial score (nSPS) is 13.5. The molecule has 0 bridgehead atoms. The van der Waals surface area contributed by atoms with E-state index in [1.807, 2.05) is 17.1 Å². The van der Waals surface area contributed by atoms with E-state index in [2.05, 4.69) is 27.3 Å². The summed E-state index contributed by atoms with van der Waals surface area (Å²) in [5, 5.41) is 0. The highest BCUT2D eigenvalue weighted by molar-refractivity contribution is 14.1. The first-order valence-electron chi connectivity index (χ1n) is 3.05. The molecule has 0 rings (SSSR count). The largest absolute Gasteiger partial charge is 0.469 e. The number of rotatable bonds is 3. The second-order valence-electron chi connectivity index (χ2n) is 2.02. The SMILES string of the molecule is COC(=O)[C@H](C)C/C=C/I. The Balaban J connectivity index is 3.61. The molecule has 0 fully saturated rings. The van der Waals surface area contributed by atoms with Gasteiger partial charge in [0, 0.05) is 0 Å². The van der Waals surface area contributed by atoms with Crippen LogP contribution in [0.2, 0.25) is 0 Å². The lowest BCUT2D eigenvalue weighted by Crippen LogP contribution is -2.11. The Labute approximate surface area is 74.8 Å². The molecule has 0 spiro atoms. The second-order valence-corrected chi connectivity index (χ2v) is 2.74. The molecule has 0 heterocycles. The van der Waals surface area contributed by atoms with Gasteiger partial charge in [0.2, 0.25) is 0 Å². The molecule has 0 unspecified atom stereocenters. The molecule has 0 aliphatic rings. The maximum Gasteiger partial charge on any atom is 0.308 e. The van der Waals surface area contributed by atoms with Crippen LogP contribution in [0, 0.1) is 5.92 Å². The number of esters is 1. The highest BCUT2D eigenvalue weighted by atomic mass is 127. The molecule has 0 aliphatic heterocycles. The zero-order valence-electron chi connectivity index (χ0n) is 6.13. The molecule has 10 heavy (non-hydrogen) atoms.